The van der Waals surface area contributed by atoms with E-state index in [2.05, 4.69) is 54.1 Å². The lowest BCUT2D eigenvalue weighted by atomic mass is 10.1. The Kier molecular flexibility index (Phi) is 5.90. The lowest BCUT2D eigenvalue weighted by Crippen LogP contribution is -2.47. The van der Waals surface area contributed by atoms with Crippen molar-refractivity contribution in [1.82, 2.24) is 29.5 Å². The molecule has 1 fully saturated rings. The maximum absolute atomic E-state index is 5.95. The molecule has 1 unspecified atom stereocenters. The summed E-state index contributed by atoms with van der Waals surface area (Å²) in [6, 6.07) is 8.59. The Morgan fingerprint density at radius 1 is 1.34 bits per heavy atom. The van der Waals surface area contributed by atoms with Gasteiger partial charge in [-0.05, 0) is 11.1 Å². The van der Waals surface area contributed by atoms with Gasteiger partial charge in [0.2, 0.25) is 0 Å². The normalized spacial score (nSPS) is 17.5. The molecule has 3 heterocycles. The SMILES string of the molecule is CN=C(NCc1cccc(Cn2ccnc2)c1)N1CCOC(c2cnn(C)c2)C1. The molecule has 29 heavy (non-hydrogen) atoms. The minimum absolute atomic E-state index is 0.00880. The van der Waals surface area contributed by atoms with Crippen LogP contribution in [0.25, 0.3) is 0 Å². The number of hydrogen-bond donors (Lipinski definition) is 1. The van der Waals surface area contributed by atoms with Crippen molar-refractivity contribution in [2.75, 3.05) is 26.7 Å². The zero-order chi connectivity index (χ0) is 20.1. The van der Waals surface area contributed by atoms with Gasteiger partial charge in [-0.15, -0.1) is 0 Å². The summed E-state index contributed by atoms with van der Waals surface area (Å²) in [5, 5.41) is 7.76. The monoisotopic (exact) mass is 393 g/mol. The molecule has 1 saturated heterocycles. The highest BCUT2D eigenvalue weighted by Gasteiger charge is 2.25. The van der Waals surface area contributed by atoms with Gasteiger partial charge < -0.3 is 19.5 Å². The van der Waals surface area contributed by atoms with Gasteiger partial charge >= 0.3 is 0 Å². The number of aliphatic imine (C=N–C) groups is 1. The van der Waals surface area contributed by atoms with Crippen LogP contribution >= 0.6 is 0 Å². The van der Waals surface area contributed by atoms with Crippen molar-refractivity contribution in [2.45, 2.75) is 19.2 Å². The van der Waals surface area contributed by atoms with Gasteiger partial charge in [-0.25, -0.2) is 4.98 Å². The Morgan fingerprint density at radius 2 is 2.24 bits per heavy atom. The van der Waals surface area contributed by atoms with Crippen molar-refractivity contribution < 1.29 is 4.74 Å². The van der Waals surface area contributed by atoms with Gasteiger partial charge in [-0.3, -0.25) is 9.67 Å². The van der Waals surface area contributed by atoms with Gasteiger partial charge in [0.15, 0.2) is 5.96 Å². The molecular weight excluding hydrogens is 366 g/mol. The molecule has 8 nitrogen and oxygen atoms in total. The molecule has 0 saturated carbocycles. The predicted octanol–water partition coefficient (Wildman–Crippen LogP) is 1.81. The number of aryl methyl sites for hydroxylation is 1. The number of nitrogens with zero attached hydrogens (tertiary/aromatic N) is 6. The molecule has 0 amide bonds. The molecule has 1 N–H and O–H groups in total. The first-order valence-corrected chi connectivity index (χ1v) is 9.80. The Hall–Kier alpha value is -3.13. The lowest BCUT2D eigenvalue weighted by molar-refractivity contribution is -0.00805. The van der Waals surface area contributed by atoms with Crippen LogP contribution in [0.1, 0.15) is 22.8 Å². The van der Waals surface area contributed by atoms with Crippen LogP contribution in [0.3, 0.4) is 0 Å². The second-order valence-corrected chi connectivity index (χ2v) is 7.21. The van der Waals surface area contributed by atoms with E-state index in [0.29, 0.717) is 6.61 Å². The fraction of sp³-hybridized carbons (Fsp3) is 0.381. The molecule has 1 aliphatic heterocycles. The molecule has 0 bridgehead atoms. The molecule has 4 rings (SSSR count). The second kappa shape index (κ2) is 8.91. The van der Waals surface area contributed by atoms with Crippen LogP contribution in [0.2, 0.25) is 0 Å². The van der Waals surface area contributed by atoms with E-state index in [1.54, 1.807) is 6.20 Å². The highest BCUT2D eigenvalue weighted by molar-refractivity contribution is 5.80. The van der Waals surface area contributed by atoms with Crippen molar-refractivity contribution in [3.8, 4) is 0 Å². The Labute approximate surface area is 170 Å². The molecule has 0 spiro atoms. The minimum atomic E-state index is 0.00880. The van der Waals surface area contributed by atoms with E-state index < -0.39 is 0 Å². The Bertz CT molecular complexity index is 948. The van der Waals surface area contributed by atoms with Gasteiger partial charge in [0.1, 0.15) is 6.10 Å². The van der Waals surface area contributed by atoms with E-state index in [-0.39, 0.29) is 6.10 Å². The number of benzene rings is 1. The van der Waals surface area contributed by atoms with E-state index >= 15 is 0 Å². The summed E-state index contributed by atoms with van der Waals surface area (Å²) in [5.41, 5.74) is 3.57. The Balaban J connectivity index is 1.37. The molecule has 1 atom stereocenters. The van der Waals surface area contributed by atoms with Crippen LogP contribution in [0.4, 0.5) is 0 Å². The van der Waals surface area contributed by atoms with Gasteiger partial charge in [0.05, 0.1) is 25.7 Å². The standard InChI is InChI=1S/C21H27N7O/c1-22-21(28-8-9-29-20(15-28)19-12-25-26(2)14-19)24-11-17-4-3-5-18(10-17)13-27-7-6-23-16-27/h3-7,10,12,14,16,20H,8-9,11,13,15H2,1-2H3,(H,22,24). The van der Waals surface area contributed by atoms with Crippen molar-refractivity contribution in [1.29, 1.82) is 0 Å². The summed E-state index contributed by atoms with van der Waals surface area (Å²) in [7, 11) is 3.75. The summed E-state index contributed by atoms with van der Waals surface area (Å²) in [5.74, 6) is 0.891. The van der Waals surface area contributed by atoms with Gasteiger partial charge in [-0.1, -0.05) is 24.3 Å². The summed E-state index contributed by atoms with van der Waals surface area (Å²) >= 11 is 0. The summed E-state index contributed by atoms with van der Waals surface area (Å²) in [6.45, 7) is 3.78. The zero-order valence-electron chi connectivity index (χ0n) is 16.9. The molecule has 0 radical (unpaired) electrons. The fourth-order valence-electron chi connectivity index (χ4n) is 3.59. The topological polar surface area (TPSA) is 72.5 Å². The van der Waals surface area contributed by atoms with Crippen LogP contribution in [0.15, 0.2) is 60.4 Å². The van der Waals surface area contributed by atoms with Crippen molar-refractivity contribution in [2.24, 2.45) is 12.0 Å². The van der Waals surface area contributed by atoms with E-state index in [1.807, 2.05) is 43.7 Å². The van der Waals surface area contributed by atoms with Crippen molar-refractivity contribution in [3.63, 3.8) is 0 Å². The third-order valence-corrected chi connectivity index (χ3v) is 5.04. The van der Waals surface area contributed by atoms with Crippen molar-refractivity contribution >= 4 is 5.96 Å². The number of hydrogen-bond acceptors (Lipinski definition) is 4. The quantitative estimate of drug-likeness (QED) is 0.529. The third kappa shape index (κ3) is 4.83. The molecule has 3 aromatic rings. The highest BCUT2D eigenvalue weighted by Crippen LogP contribution is 2.21. The molecule has 1 aliphatic rings. The minimum Gasteiger partial charge on any atom is -0.370 e. The molecule has 0 aliphatic carbocycles. The van der Waals surface area contributed by atoms with E-state index in [9.17, 15) is 0 Å². The number of aromatic nitrogens is 4. The van der Waals surface area contributed by atoms with E-state index in [1.165, 1.54) is 11.1 Å². The van der Waals surface area contributed by atoms with Gasteiger partial charge in [0, 0.05) is 57.9 Å². The molecular formula is C21H27N7O. The largest absolute Gasteiger partial charge is 0.370 e. The van der Waals surface area contributed by atoms with Crippen LogP contribution in [-0.2, 0) is 24.9 Å². The number of imidazole rings is 1. The number of nitrogens with one attached hydrogen (secondary N) is 1. The second-order valence-electron chi connectivity index (χ2n) is 7.21. The maximum Gasteiger partial charge on any atom is 0.194 e. The highest BCUT2D eigenvalue weighted by atomic mass is 16.5. The summed E-state index contributed by atoms with van der Waals surface area (Å²) in [4.78, 5) is 10.8. The number of ether oxygens (including phenoxy) is 1. The maximum atomic E-state index is 5.95. The lowest BCUT2D eigenvalue weighted by Gasteiger charge is -2.34. The molecule has 1 aromatic carbocycles. The first-order chi connectivity index (χ1) is 14.2. The van der Waals surface area contributed by atoms with E-state index in [0.717, 1.165) is 37.7 Å². The van der Waals surface area contributed by atoms with Gasteiger partial charge in [0.25, 0.3) is 0 Å². The number of morpholine rings is 1. The smallest absolute Gasteiger partial charge is 0.194 e. The molecule has 2 aromatic heterocycles. The molecule has 152 valence electrons. The average molecular weight is 393 g/mol. The van der Waals surface area contributed by atoms with Crippen LogP contribution in [0, 0.1) is 0 Å². The van der Waals surface area contributed by atoms with E-state index in [4.69, 9.17) is 4.74 Å². The predicted molar refractivity (Wildman–Crippen MR) is 111 cm³/mol. The average Bonchev–Trinajstić information content (AvgIpc) is 3.41. The first-order valence-electron chi connectivity index (χ1n) is 9.80. The number of guanidine groups is 1. The van der Waals surface area contributed by atoms with Gasteiger partial charge in [-0.2, -0.15) is 5.10 Å². The Morgan fingerprint density at radius 3 is 3.00 bits per heavy atom. The summed E-state index contributed by atoms with van der Waals surface area (Å²) in [6.07, 6.45) is 9.51. The van der Waals surface area contributed by atoms with Crippen LogP contribution in [0.5, 0.6) is 0 Å². The van der Waals surface area contributed by atoms with Crippen LogP contribution < -0.4 is 5.32 Å². The summed E-state index contributed by atoms with van der Waals surface area (Å²) < 4.78 is 9.82. The molecule has 8 heteroatoms. The third-order valence-electron chi connectivity index (χ3n) is 5.04. The zero-order valence-corrected chi connectivity index (χ0v) is 16.9. The van der Waals surface area contributed by atoms with Crippen LogP contribution in [-0.4, -0.2) is 56.9 Å². The number of rotatable bonds is 5. The van der Waals surface area contributed by atoms with Crippen molar-refractivity contribution in [3.05, 3.63) is 72.1 Å². The first kappa shape index (κ1) is 19.2. The fourth-order valence-corrected chi connectivity index (χ4v) is 3.59.